The summed E-state index contributed by atoms with van der Waals surface area (Å²) < 4.78 is 0.939. The molecule has 15 heavy (non-hydrogen) atoms. The number of nitrogen functional groups attached to an aromatic ring is 1. The molecular weight excluding hydrogens is 274 g/mol. The Morgan fingerprint density at radius 1 is 1.47 bits per heavy atom. The van der Waals surface area contributed by atoms with E-state index in [1.807, 2.05) is 18.3 Å². The van der Waals surface area contributed by atoms with Gasteiger partial charge in [-0.25, -0.2) is 4.98 Å². The number of halogens is 1. The molecule has 0 fully saturated rings. The number of benzene rings is 1. The van der Waals surface area contributed by atoms with Gasteiger partial charge >= 0.3 is 0 Å². The van der Waals surface area contributed by atoms with E-state index >= 15 is 0 Å². The second-order valence-corrected chi connectivity index (χ2v) is 4.86. The molecule has 2 rings (SSSR count). The largest absolute Gasteiger partial charge is 0.398 e. The van der Waals surface area contributed by atoms with Crippen molar-refractivity contribution in [2.75, 3.05) is 5.73 Å². The normalized spacial score (nSPS) is 10.5. The zero-order valence-corrected chi connectivity index (χ0v) is 10.3. The fraction of sp³-hybridized carbons (Fsp3) is 0.100. The Morgan fingerprint density at radius 2 is 2.33 bits per heavy atom. The minimum absolute atomic E-state index is 0.771. The highest BCUT2D eigenvalue weighted by atomic mass is 79.9. The quantitative estimate of drug-likeness (QED) is 0.673. The van der Waals surface area contributed by atoms with Crippen LogP contribution in [0.2, 0.25) is 0 Å². The molecule has 0 atom stereocenters. The third kappa shape index (κ3) is 2.76. The number of nitrogens with zero attached hydrogens (tertiary/aromatic N) is 1. The van der Waals surface area contributed by atoms with E-state index in [1.54, 1.807) is 18.0 Å². The number of aromatic amines is 1. The van der Waals surface area contributed by atoms with Crippen LogP contribution in [0.3, 0.4) is 0 Å². The van der Waals surface area contributed by atoms with Crippen LogP contribution < -0.4 is 5.73 Å². The Morgan fingerprint density at radius 3 is 3.00 bits per heavy atom. The number of H-pyrrole nitrogens is 1. The molecule has 78 valence electrons. The number of rotatable bonds is 3. The summed E-state index contributed by atoms with van der Waals surface area (Å²) in [4.78, 5) is 7.18. The molecule has 0 unspecified atom stereocenters. The van der Waals surface area contributed by atoms with Crippen molar-refractivity contribution in [3.63, 3.8) is 0 Å². The molecule has 1 aromatic carbocycles. The number of aromatic nitrogens is 2. The van der Waals surface area contributed by atoms with Crippen LogP contribution in [0, 0.1) is 0 Å². The summed E-state index contributed by atoms with van der Waals surface area (Å²) in [5.74, 6) is 0.866. The van der Waals surface area contributed by atoms with Crippen LogP contribution in [-0.4, -0.2) is 9.97 Å². The molecule has 0 radical (unpaired) electrons. The standard InChI is InChI=1S/C10H10BrN3S/c11-8-2-1-7(5-9(8)12)6-15-10-13-3-4-14-10/h1-5H,6,12H2,(H,13,14). The summed E-state index contributed by atoms with van der Waals surface area (Å²) in [6.45, 7) is 0. The van der Waals surface area contributed by atoms with Crippen molar-refractivity contribution in [1.82, 2.24) is 9.97 Å². The first-order chi connectivity index (χ1) is 7.25. The summed E-state index contributed by atoms with van der Waals surface area (Å²) >= 11 is 5.03. The number of thioether (sulfide) groups is 1. The van der Waals surface area contributed by atoms with Gasteiger partial charge in [-0.2, -0.15) is 0 Å². The van der Waals surface area contributed by atoms with E-state index in [2.05, 4.69) is 32.0 Å². The van der Waals surface area contributed by atoms with Crippen LogP contribution in [0.1, 0.15) is 5.56 Å². The second-order valence-electron chi connectivity index (χ2n) is 3.04. The summed E-state index contributed by atoms with van der Waals surface area (Å²) in [7, 11) is 0. The van der Waals surface area contributed by atoms with E-state index in [0.717, 1.165) is 21.1 Å². The molecule has 3 N–H and O–H groups in total. The lowest BCUT2D eigenvalue weighted by atomic mass is 10.2. The fourth-order valence-corrected chi connectivity index (χ4v) is 2.18. The minimum atomic E-state index is 0.771. The van der Waals surface area contributed by atoms with Crippen molar-refractivity contribution in [3.8, 4) is 0 Å². The average Bonchev–Trinajstić information content (AvgIpc) is 2.73. The molecule has 3 nitrogen and oxygen atoms in total. The van der Waals surface area contributed by atoms with Crippen LogP contribution in [0.4, 0.5) is 5.69 Å². The lowest BCUT2D eigenvalue weighted by Gasteiger charge is -2.02. The molecule has 2 aromatic rings. The first-order valence-corrected chi connectivity index (χ1v) is 6.19. The van der Waals surface area contributed by atoms with Gasteiger partial charge in [0, 0.05) is 28.3 Å². The van der Waals surface area contributed by atoms with Crippen LogP contribution in [-0.2, 0) is 5.75 Å². The molecule has 0 saturated carbocycles. The number of hydrogen-bond donors (Lipinski definition) is 2. The van der Waals surface area contributed by atoms with E-state index in [9.17, 15) is 0 Å². The van der Waals surface area contributed by atoms with Gasteiger partial charge in [0.2, 0.25) is 0 Å². The number of hydrogen-bond acceptors (Lipinski definition) is 3. The number of nitrogens with two attached hydrogens (primary N) is 1. The third-order valence-electron chi connectivity index (χ3n) is 1.91. The van der Waals surface area contributed by atoms with Crippen molar-refractivity contribution in [2.45, 2.75) is 10.9 Å². The Balaban J connectivity index is 2.02. The van der Waals surface area contributed by atoms with Gasteiger partial charge in [-0.3, -0.25) is 0 Å². The van der Waals surface area contributed by atoms with Crippen molar-refractivity contribution >= 4 is 33.4 Å². The Hall–Kier alpha value is -0.940. The maximum atomic E-state index is 5.79. The number of nitrogens with one attached hydrogen (secondary N) is 1. The van der Waals surface area contributed by atoms with Gasteiger partial charge < -0.3 is 10.7 Å². The van der Waals surface area contributed by atoms with Crippen LogP contribution >= 0.6 is 27.7 Å². The number of anilines is 1. The topological polar surface area (TPSA) is 54.7 Å². The molecule has 0 aliphatic heterocycles. The van der Waals surface area contributed by atoms with Gasteiger partial charge in [0.05, 0.1) is 0 Å². The van der Waals surface area contributed by atoms with Crippen molar-refractivity contribution < 1.29 is 0 Å². The molecule has 1 aromatic heterocycles. The van der Waals surface area contributed by atoms with E-state index in [4.69, 9.17) is 5.73 Å². The number of imidazole rings is 1. The molecule has 0 saturated heterocycles. The van der Waals surface area contributed by atoms with Gasteiger partial charge in [-0.15, -0.1) is 0 Å². The van der Waals surface area contributed by atoms with Gasteiger partial charge in [-0.1, -0.05) is 17.8 Å². The molecule has 0 aliphatic carbocycles. The van der Waals surface area contributed by atoms with Crippen molar-refractivity contribution in [3.05, 3.63) is 40.6 Å². The van der Waals surface area contributed by atoms with Crippen molar-refractivity contribution in [1.29, 1.82) is 0 Å². The Bertz CT molecular complexity index is 442. The third-order valence-corrected chi connectivity index (χ3v) is 3.61. The van der Waals surface area contributed by atoms with E-state index in [1.165, 1.54) is 5.56 Å². The molecular formula is C10H10BrN3S. The highest BCUT2D eigenvalue weighted by Gasteiger charge is 2.00. The van der Waals surface area contributed by atoms with Crippen LogP contribution in [0.15, 0.2) is 40.2 Å². The molecule has 1 heterocycles. The van der Waals surface area contributed by atoms with Gasteiger partial charge in [0.25, 0.3) is 0 Å². The maximum Gasteiger partial charge on any atom is 0.165 e. The zero-order chi connectivity index (χ0) is 10.7. The van der Waals surface area contributed by atoms with Crippen LogP contribution in [0.25, 0.3) is 0 Å². The molecule has 0 amide bonds. The zero-order valence-electron chi connectivity index (χ0n) is 7.90. The molecule has 0 bridgehead atoms. The Kier molecular flexibility index (Phi) is 3.33. The fourth-order valence-electron chi connectivity index (χ4n) is 1.16. The molecule has 0 aliphatic rings. The lowest BCUT2D eigenvalue weighted by Crippen LogP contribution is -1.89. The summed E-state index contributed by atoms with van der Waals surface area (Å²) in [6, 6.07) is 5.99. The second kappa shape index (κ2) is 4.72. The van der Waals surface area contributed by atoms with E-state index < -0.39 is 0 Å². The van der Waals surface area contributed by atoms with Crippen molar-refractivity contribution in [2.24, 2.45) is 0 Å². The first-order valence-electron chi connectivity index (χ1n) is 4.42. The highest BCUT2D eigenvalue weighted by Crippen LogP contribution is 2.24. The van der Waals surface area contributed by atoms with Gasteiger partial charge in [0.15, 0.2) is 5.16 Å². The predicted octanol–water partition coefficient (Wildman–Crippen LogP) is 3.05. The van der Waals surface area contributed by atoms with Gasteiger partial charge in [0.1, 0.15) is 0 Å². The van der Waals surface area contributed by atoms with E-state index in [-0.39, 0.29) is 0 Å². The maximum absolute atomic E-state index is 5.79. The Labute approximate surface area is 101 Å². The lowest BCUT2D eigenvalue weighted by molar-refractivity contribution is 1.06. The summed E-state index contributed by atoms with van der Waals surface area (Å²) in [5, 5.41) is 0.927. The highest BCUT2D eigenvalue weighted by molar-refractivity contribution is 9.10. The predicted molar refractivity (Wildman–Crippen MR) is 66.7 cm³/mol. The minimum Gasteiger partial charge on any atom is -0.398 e. The van der Waals surface area contributed by atoms with E-state index in [0.29, 0.717) is 0 Å². The molecule has 5 heteroatoms. The van der Waals surface area contributed by atoms with Crippen LogP contribution in [0.5, 0.6) is 0 Å². The summed E-state index contributed by atoms with van der Waals surface area (Å²) in [6.07, 6.45) is 3.57. The summed E-state index contributed by atoms with van der Waals surface area (Å²) in [5.41, 5.74) is 7.75. The smallest absolute Gasteiger partial charge is 0.165 e. The first kappa shape index (κ1) is 10.6. The average molecular weight is 284 g/mol. The monoisotopic (exact) mass is 283 g/mol. The van der Waals surface area contributed by atoms with Gasteiger partial charge in [-0.05, 0) is 33.6 Å². The molecule has 0 spiro atoms. The SMILES string of the molecule is Nc1cc(CSc2ncc[nH]2)ccc1Br.